The molecule has 3 rings (SSSR count). The Labute approximate surface area is 109 Å². The first-order valence-electron chi connectivity index (χ1n) is 5.89. The smallest absolute Gasteiger partial charge is 0.196 e. The van der Waals surface area contributed by atoms with E-state index < -0.39 is 5.82 Å². The molecule has 0 amide bonds. The summed E-state index contributed by atoms with van der Waals surface area (Å²) in [6, 6.07) is 14.4. The van der Waals surface area contributed by atoms with Crippen LogP contribution in [0.2, 0.25) is 0 Å². The summed E-state index contributed by atoms with van der Waals surface area (Å²) in [6.45, 7) is 0. The number of rotatable bonds is 2. The summed E-state index contributed by atoms with van der Waals surface area (Å²) in [5.41, 5.74) is 0.551. The van der Waals surface area contributed by atoms with Crippen molar-refractivity contribution in [1.82, 2.24) is 4.98 Å². The summed E-state index contributed by atoms with van der Waals surface area (Å²) < 4.78 is 13.6. The van der Waals surface area contributed by atoms with Gasteiger partial charge in [0.05, 0.1) is 11.8 Å². The van der Waals surface area contributed by atoms with Gasteiger partial charge in [0.25, 0.3) is 0 Å². The van der Waals surface area contributed by atoms with Crippen LogP contribution >= 0.6 is 0 Å². The van der Waals surface area contributed by atoms with E-state index in [4.69, 9.17) is 0 Å². The van der Waals surface area contributed by atoms with Crippen LogP contribution in [0.1, 0.15) is 15.9 Å². The van der Waals surface area contributed by atoms with Gasteiger partial charge in [-0.25, -0.2) is 4.39 Å². The van der Waals surface area contributed by atoms with E-state index in [9.17, 15) is 9.18 Å². The Morgan fingerprint density at radius 1 is 0.947 bits per heavy atom. The van der Waals surface area contributed by atoms with Crippen LogP contribution in [-0.2, 0) is 0 Å². The lowest BCUT2D eigenvalue weighted by Crippen LogP contribution is -2.05. The Morgan fingerprint density at radius 3 is 2.58 bits per heavy atom. The van der Waals surface area contributed by atoms with Gasteiger partial charge in [0.1, 0.15) is 0 Å². The molecular weight excluding hydrogens is 241 g/mol. The van der Waals surface area contributed by atoms with Gasteiger partial charge in [-0.2, -0.15) is 0 Å². The average molecular weight is 251 g/mol. The Bertz CT molecular complexity index is 762. The Morgan fingerprint density at radius 2 is 1.74 bits per heavy atom. The van der Waals surface area contributed by atoms with Crippen LogP contribution < -0.4 is 0 Å². The molecule has 1 heterocycles. The Hall–Kier alpha value is -2.55. The third kappa shape index (κ3) is 1.99. The topological polar surface area (TPSA) is 30.0 Å². The molecule has 0 aliphatic carbocycles. The first-order valence-corrected chi connectivity index (χ1v) is 5.89. The third-order valence-corrected chi connectivity index (χ3v) is 3.05. The molecule has 3 aromatic rings. The normalized spacial score (nSPS) is 10.6. The van der Waals surface area contributed by atoms with Gasteiger partial charge in [-0.15, -0.1) is 0 Å². The maximum Gasteiger partial charge on any atom is 0.196 e. The quantitative estimate of drug-likeness (QED) is 0.651. The number of hydrogen-bond acceptors (Lipinski definition) is 2. The Balaban J connectivity index is 2.20. The number of aromatic nitrogens is 1. The highest BCUT2D eigenvalue weighted by molar-refractivity contribution is 6.16. The van der Waals surface area contributed by atoms with E-state index in [0.29, 0.717) is 5.56 Å². The maximum atomic E-state index is 13.6. The first kappa shape index (κ1) is 11.5. The molecule has 0 saturated heterocycles. The van der Waals surface area contributed by atoms with Crippen molar-refractivity contribution in [2.45, 2.75) is 0 Å². The second-order valence-corrected chi connectivity index (χ2v) is 4.21. The molecule has 0 aliphatic heterocycles. The molecule has 0 radical (unpaired) electrons. The standard InChI is InChI=1S/C16H10FNO/c17-15-10-18-9-8-14(15)16(19)13-7-3-5-11-4-1-2-6-12(11)13/h1-10H. The maximum absolute atomic E-state index is 13.6. The summed E-state index contributed by atoms with van der Waals surface area (Å²) in [6.07, 6.45) is 2.47. The van der Waals surface area contributed by atoms with Gasteiger partial charge >= 0.3 is 0 Å². The van der Waals surface area contributed by atoms with E-state index in [1.165, 1.54) is 12.3 Å². The highest BCUT2D eigenvalue weighted by atomic mass is 19.1. The average Bonchev–Trinajstić information content (AvgIpc) is 2.46. The van der Waals surface area contributed by atoms with E-state index in [0.717, 1.165) is 17.0 Å². The van der Waals surface area contributed by atoms with Gasteiger partial charge in [-0.1, -0.05) is 42.5 Å². The predicted octanol–water partition coefficient (Wildman–Crippen LogP) is 3.60. The van der Waals surface area contributed by atoms with E-state index in [1.807, 2.05) is 30.3 Å². The monoisotopic (exact) mass is 251 g/mol. The van der Waals surface area contributed by atoms with E-state index >= 15 is 0 Å². The van der Waals surface area contributed by atoms with Crippen molar-refractivity contribution in [3.8, 4) is 0 Å². The van der Waals surface area contributed by atoms with Crippen molar-refractivity contribution in [3.63, 3.8) is 0 Å². The number of carbonyl (C=O) groups excluding carboxylic acids is 1. The number of ketones is 1. The lowest BCUT2D eigenvalue weighted by molar-refractivity contribution is 0.103. The molecule has 0 bridgehead atoms. The third-order valence-electron chi connectivity index (χ3n) is 3.05. The van der Waals surface area contributed by atoms with Crippen LogP contribution in [0.25, 0.3) is 10.8 Å². The molecule has 0 atom stereocenters. The molecule has 0 spiro atoms. The molecule has 0 saturated carbocycles. The minimum atomic E-state index is -0.597. The zero-order valence-electron chi connectivity index (χ0n) is 10.0. The fourth-order valence-corrected chi connectivity index (χ4v) is 2.13. The number of hydrogen-bond donors (Lipinski definition) is 0. The van der Waals surface area contributed by atoms with Gasteiger partial charge < -0.3 is 0 Å². The summed E-state index contributed by atoms with van der Waals surface area (Å²) in [7, 11) is 0. The van der Waals surface area contributed by atoms with Crippen molar-refractivity contribution >= 4 is 16.6 Å². The number of benzene rings is 2. The molecule has 19 heavy (non-hydrogen) atoms. The number of nitrogens with zero attached hydrogens (tertiary/aromatic N) is 1. The fourth-order valence-electron chi connectivity index (χ4n) is 2.13. The molecule has 0 fully saturated rings. The van der Waals surface area contributed by atoms with Crippen molar-refractivity contribution in [2.24, 2.45) is 0 Å². The summed E-state index contributed by atoms with van der Waals surface area (Å²) in [5.74, 6) is -0.919. The van der Waals surface area contributed by atoms with E-state index in [-0.39, 0.29) is 11.3 Å². The Kier molecular flexibility index (Phi) is 2.80. The zero-order chi connectivity index (χ0) is 13.2. The second-order valence-electron chi connectivity index (χ2n) is 4.21. The highest BCUT2D eigenvalue weighted by Crippen LogP contribution is 2.22. The second kappa shape index (κ2) is 4.61. The van der Waals surface area contributed by atoms with Gasteiger partial charge in [0.15, 0.2) is 11.6 Å². The molecule has 3 heteroatoms. The number of pyridine rings is 1. The van der Waals surface area contributed by atoms with Crippen LogP contribution in [0, 0.1) is 5.82 Å². The molecule has 2 aromatic carbocycles. The SMILES string of the molecule is O=C(c1ccncc1F)c1cccc2ccccc12. The molecule has 92 valence electrons. The highest BCUT2D eigenvalue weighted by Gasteiger charge is 2.15. The van der Waals surface area contributed by atoms with Gasteiger partial charge in [0.2, 0.25) is 0 Å². The largest absolute Gasteiger partial charge is 0.288 e. The van der Waals surface area contributed by atoms with Crippen LogP contribution in [0.4, 0.5) is 4.39 Å². The molecule has 2 nitrogen and oxygen atoms in total. The predicted molar refractivity (Wildman–Crippen MR) is 71.6 cm³/mol. The van der Waals surface area contributed by atoms with Gasteiger partial charge in [-0.3, -0.25) is 9.78 Å². The summed E-state index contributed by atoms with van der Waals surface area (Å²) in [5, 5.41) is 1.79. The lowest BCUT2D eigenvalue weighted by Gasteiger charge is -2.06. The number of halogens is 1. The van der Waals surface area contributed by atoms with E-state index in [1.54, 1.807) is 12.1 Å². The molecule has 0 N–H and O–H groups in total. The minimum absolute atomic E-state index is 0.0475. The van der Waals surface area contributed by atoms with Crippen LogP contribution in [0.5, 0.6) is 0 Å². The van der Waals surface area contributed by atoms with Crippen molar-refractivity contribution < 1.29 is 9.18 Å². The van der Waals surface area contributed by atoms with Crippen LogP contribution in [0.3, 0.4) is 0 Å². The van der Waals surface area contributed by atoms with Crippen LogP contribution in [0.15, 0.2) is 60.9 Å². The summed E-state index contributed by atoms with van der Waals surface area (Å²) in [4.78, 5) is 16.1. The number of fused-ring (bicyclic) bond motifs is 1. The minimum Gasteiger partial charge on any atom is -0.288 e. The van der Waals surface area contributed by atoms with Gasteiger partial charge in [-0.05, 0) is 16.8 Å². The van der Waals surface area contributed by atoms with Crippen LogP contribution in [-0.4, -0.2) is 10.8 Å². The molecule has 0 aliphatic rings. The number of carbonyl (C=O) groups is 1. The fraction of sp³-hybridized carbons (Fsp3) is 0. The van der Waals surface area contributed by atoms with E-state index in [2.05, 4.69) is 4.98 Å². The first-order chi connectivity index (χ1) is 9.27. The van der Waals surface area contributed by atoms with Crippen molar-refractivity contribution in [2.75, 3.05) is 0 Å². The van der Waals surface area contributed by atoms with Crippen molar-refractivity contribution in [1.29, 1.82) is 0 Å². The molecule has 0 unspecified atom stereocenters. The molecular formula is C16H10FNO. The lowest BCUT2D eigenvalue weighted by atomic mass is 9.98. The van der Waals surface area contributed by atoms with Gasteiger partial charge in [0, 0.05) is 11.8 Å². The summed E-state index contributed by atoms with van der Waals surface area (Å²) >= 11 is 0. The molecule has 1 aromatic heterocycles. The van der Waals surface area contributed by atoms with Crippen molar-refractivity contribution in [3.05, 3.63) is 77.9 Å². The zero-order valence-corrected chi connectivity index (χ0v) is 10.0.